The van der Waals surface area contributed by atoms with Crippen LogP contribution in [-0.2, 0) is 4.74 Å². The Labute approximate surface area is 91.4 Å². The number of aryl methyl sites for hydroxylation is 1. The molecule has 0 amide bonds. The molecular formula is C12H20N2O. The van der Waals surface area contributed by atoms with Crippen LogP contribution in [0.2, 0.25) is 0 Å². The van der Waals surface area contributed by atoms with Crippen LogP contribution in [0.3, 0.4) is 0 Å². The highest BCUT2D eigenvalue weighted by Gasteiger charge is 2.22. The zero-order chi connectivity index (χ0) is 10.7. The predicted octanol–water partition coefficient (Wildman–Crippen LogP) is 2.71. The Morgan fingerprint density at radius 3 is 2.67 bits per heavy atom. The van der Waals surface area contributed by atoms with Crippen LogP contribution in [0.5, 0.6) is 0 Å². The van der Waals surface area contributed by atoms with E-state index in [1.165, 1.54) is 31.2 Å². The van der Waals surface area contributed by atoms with Gasteiger partial charge in [0.25, 0.3) is 0 Å². The monoisotopic (exact) mass is 208 g/mol. The lowest BCUT2D eigenvalue weighted by Crippen LogP contribution is -2.23. The van der Waals surface area contributed by atoms with Crippen molar-refractivity contribution in [1.29, 1.82) is 0 Å². The Kier molecular flexibility index (Phi) is 3.41. The third-order valence-electron chi connectivity index (χ3n) is 3.15. The molecule has 1 aliphatic carbocycles. The molecule has 84 valence electrons. The molecule has 0 N–H and O–H groups in total. The van der Waals surface area contributed by atoms with E-state index in [1.54, 1.807) is 0 Å². The summed E-state index contributed by atoms with van der Waals surface area (Å²) in [5.41, 5.74) is 1.25. The maximum Gasteiger partial charge on any atom is 0.0576 e. The van der Waals surface area contributed by atoms with Crippen LogP contribution in [0, 0.1) is 6.92 Å². The Bertz CT molecular complexity index is 300. The Morgan fingerprint density at radius 2 is 2.13 bits per heavy atom. The second-order valence-electron chi connectivity index (χ2n) is 4.38. The van der Waals surface area contributed by atoms with E-state index >= 15 is 0 Å². The van der Waals surface area contributed by atoms with E-state index in [-0.39, 0.29) is 0 Å². The molecule has 1 aromatic rings. The van der Waals surface area contributed by atoms with Crippen LogP contribution in [0.15, 0.2) is 12.4 Å². The van der Waals surface area contributed by atoms with Gasteiger partial charge < -0.3 is 4.74 Å². The molecule has 0 unspecified atom stereocenters. The highest BCUT2D eigenvalue weighted by molar-refractivity contribution is 5.00. The maximum absolute atomic E-state index is 5.64. The zero-order valence-corrected chi connectivity index (χ0v) is 9.65. The summed E-state index contributed by atoms with van der Waals surface area (Å²) in [6.07, 6.45) is 9.33. The van der Waals surface area contributed by atoms with Gasteiger partial charge in [-0.2, -0.15) is 5.10 Å². The molecule has 0 atom stereocenters. The smallest absolute Gasteiger partial charge is 0.0576 e. The van der Waals surface area contributed by atoms with Gasteiger partial charge in [0.05, 0.1) is 18.3 Å². The molecule has 0 bridgehead atoms. The van der Waals surface area contributed by atoms with E-state index < -0.39 is 0 Å². The number of aromatic nitrogens is 2. The van der Waals surface area contributed by atoms with Gasteiger partial charge in [-0.1, -0.05) is 0 Å². The van der Waals surface area contributed by atoms with Gasteiger partial charge in [0, 0.05) is 12.8 Å². The van der Waals surface area contributed by atoms with Gasteiger partial charge in [-0.3, -0.25) is 4.68 Å². The topological polar surface area (TPSA) is 27.1 Å². The van der Waals surface area contributed by atoms with E-state index in [9.17, 15) is 0 Å². The number of hydrogen-bond donors (Lipinski definition) is 0. The highest BCUT2D eigenvalue weighted by Crippen LogP contribution is 2.29. The summed E-state index contributed by atoms with van der Waals surface area (Å²) in [7, 11) is 0. The summed E-state index contributed by atoms with van der Waals surface area (Å²) in [6, 6.07) is 0.593. The van der Waals surface area contributed by atoms with Crippen LogP contribution < -0.4 is 0 Å². The van der Waals surface area contributed by atoms with Crippen LogP contribution in [0.25, 0.3) is 0 Å². The molecule has 1 aromatic heterocycles. The minimum atomic E-state index is 0.489. The molecule has 0 radical (unpaired) electrons. The average molecular weight is 208 g/mol. The first-order valence-electron chi connectivity index (χ1n) is 5.92. The molecule has 1 aliphatic rings. The molecular weight excluding hydrogens is 188 g/mol. The summed E-state index contributed by atoms with van der Waals surface area (Å²) < 4.78 is 7.77. The minimum absolute atomic E-state index is 0.489. The lowest BCUT2D eigenvalue weighted by Gasteiger charge is -2.28. The van der Waals surface area contributed by atoms with Crippen LogP contribution >= 0.6 is 0 Å². The largest absolute Gasteiger partial charge is 0.379 e. The van der Waals surface area contributed by atoms with E-state index in [4.69, 9.17) is 4.74 Å². The van der Waals surface area contributed by atoms with E-state index in [0.29, 0.717) is 12.1 Å². The van der Waals surface area contributed by atoms with Gasteiger partial charge in [-0.05, 0) is 45.1 Å². The molecule has 15 heavy (non-hydrogen) atoms. The van der Waals surface area contributed by atoms with Crippen molar-refractivity contribution in [2.75, 3.05) is 6.61 Å². The number of nitrogens with zero attached hydrogens (tertiary/aromatic N) is 2. The standard InChI is InChI=1S/C12H20N2O/c1-3-15-12-6-4-11(5-7-12)14-9-10(2)8-13-14/h8-9,11-12H,3-7H2,1-2H3. The van der Waals surface area contributed by atoms with Crippen LogP contribution in [-0.4, -0.2) is 22.5 Å². The molecule has 2 rings (SSSR count). The summed E-state index contributed by atoms with van der Waals surface area (Å²) in [4.78, 5) is 0. The van der Waals surface area contributed by atoms with Crippen molar-refractivity contribution in [3.8, 4) is 0 Å². The van der Waals surface area contributed by atoms with Gasteiger partial charge >= 0.3 is 0 Å². The quantitative estimate of drug-likeness (QED) is 0.763. The van der Waals surface area contributed by atoms with Crippen molar-refractivity contribution in [3.63, 3.8) is 0 Å². The Hall–Kier alpha value is -0.830. The third kappa shape index (κ3) is 2.59. The Balaban J connectivity index is 1.88. The Morgan fingerprint density at radius 1 is 1.40 bits per heavy atom. The second kappa shape index (κ2) is 4.79. The molecule has 1 fully saturated rings. The first-order chi connectivity index (χ1) is 7.29. The number of rotatable bonds is 3. The van der Waals surface area contributed by atoms with Gasteiger partial charge in [0.2, 0.25) is 0 Å². The van der Waals surface area contributed by atoms with Crippen molar-refractivity contribution in [2.45, 2.75) is 51.7 Å². The van der Waals surface area contributed by atoms with Gasteiger partial charge in [-0.15, -0.1) is 0 Å². The third-order valence-corrected chi connectivity index (χ3v) is 3.15. The number of ether oxygens (including phenoxy) is 1. The second-order valence-corrected chi connectivity index (χ2v) is 4.38. The predicted molar refractivity (Wildman–Crippen MR) is 59.9 cm³/mol. The van der Waals surface area contributed by atoms with Gasteiger partial charge in [0.15, 0.2) is 0 Å². The molecule has 0 spiro atoms. The van der Waals surface area contributed by atoms with E-state index in [2.05, 4.69) is 29.8 Å². The normalized spacial score (nSPS) is 26.8. The van der Waals surface area contributed by atoms with Crippen molar-refractivity contribution in [2.24, 2.45) is 0 Å². The van der Waals surface area contributed by atoms with Gasteiger partial charge in [0.1, 0.15) is 0 Å². The zero-order valence-electron chi connectivity index (χ0n) is 9.65. The molecule has 0 saturated heterocycles. The first-order valence-corrected chi connectivity index (χ1v) is 5.92. The summed E-state index contributed by atoms with van der Waals surface area (Å²) >= 11 is 0. The molecule has 0 aromatic carbocycles. The molecule has 1 heterocycles. The molecule has 1 saturated carbocycles. The fraction of sp³-hybridized carbons (Fsp3) is 0.750. The lowest BCUT2D eigenvalue weighted by atomic mass is 9.93. The molecule has 3 nitrogen and oxygen atoms in total. The van der Waals surface area contributed by atoms with Crippen molar-refractivity contribution in [1.82, 2.24) is 9.78 Å². The number of hydrogen-bond acceptors (Lipinski definition) is 2. The SMILES string of the molecule is CCOC1CCC(n2cc(C)cn2)CC1. The summed E-state index contributed by atoms with van der Waals surface area (Å²) in [6.45, 7) is 5.01. The molecule has 3 heteroatoms. The van der Waals surface area contributed by atoms with Crippen molar-refractivity contribution >= 4 is 0 Å². The highest BCUT2D eigenvalue weighted by atomic mass is 16.5. The van der Waals surface area contributed by atoms with Gasteiger partial charge in [-0.25, -0.2) is 0 Å². The van der Waals surface area contributed by atoms with Crippen LogP contribution in [0.1, 0.15) is 44.2 Å². The van der Waals surface area contributed by atoms with Crippen molar-refractivity contribution < 1.29 is 4.74 Å². The average Bonchev–Trinajstić information content (AvgIpc) is 2.67. The van der Waals surface area contributed by atoms with E-state index in [1.807, 2.05) is 6.20 Å². The fourth-order valence-corrected chi connectivity index (χ4v) is 2.34. The maximum atomic E-state index is 5.64. The van der Waals surface area contributed by atoms with Crippen molar-refractivity contribution in [3.05, 3.63) is 18.0 Å². The lowest BCUT2D eigenvalue weighted by molar-refractivity contribution is 0.0259. The molecule has 0 aliphatic heterocycles. The van der Waals surface area contributed by atoms with Crippen LogP contribution in [0.4, 0.5) is 0 Å². The summed E-state index contributed by atoms with van der Waals surface area (Å²) in [5, 5.41) is 4.39. The fourth-order valence-electron chi connectivity index (χ4n) is 2.34. The first kappa shape index (κ1) is 10.7. The minimum Gasteiger partial charge on any atom is -0.379 e. The van der Waals surface area contributed by atoms with E-state index in [0.717, 1.165) is 6.61 Å². The summed E-state index contributed by atoms with van der Waals surface area (Å²) in [5.74, 6) is 0.